The average Bonchev–Trinajstić information content (AvgIpc) is 2.44. The van der Waals surface area contributed by atoms with Crippen molar-refractivity contribution in [2.45, 2.75) is 25.8 Å². The van der Waals surface area contributed by atoms with Gasteiger partial charge in [-0.25, -0.2) is 0 Å². The second kappa shape index (κ2) is 6.04. The molecule has 21 heavy (non-hydrogen) atoms. The SMILES string of the molecule is COCC1(CNCc2ccc3cc(O)ccc3c2)CCC1. The number of rotatable bonds is 6. The minimum absolute atomic E-state index is 0.319. The maximum absolute atomic E-state index is 9.49. The van der Waals surface area contributed by atoms with Crippen molar-refractivity contribution in [3.63, 3.8) is 0 Å². The molecule has 1 aliphatic rings. The molecule has 0 spiro atoms. The van der Waals surface area contributed by atoms with Crippen LogP contribution >= 0.6 is 0 Å². The largest absolute Gasteiger partial charge is 0.508 e. The number of aromatic hydroxyl groups is 1. The zero-order valence-electron chi connectivity index (χ0n) is 12.6. The maximum atomic E-state index is 9.49. The second-order valence-electron chi connectivity index (χ2n) is 6.26. The lowest BCUT2D eigenvalue weighted by Crippen LogP contribution is -2.43. The zero-order valence-corrected chi connectivity index (χ0v) is 12.6. The Kier molecular flexibility index (Phi) is 4.13. The fourth-order valence-electron chi connectivity index (χ4n) is 3.22. The molecule has 3 rings (SSSR count). The minimum atomic E-state index is 0.319. The summed E-state index contributed by atoms with van der Waals surface area (Å²) in [6, 6.07) is 11.9. The number of methoxy groups -OCH3 is 1. The van der Waals surface area contributed by atoms with Gasteiger partial charge in [-0.3, -0.25) is 0 Å². The lowest BCUT2D eigenvalue weighted by molar-refractivity contribution is 0.0177. The molecule has 2 aromatic rings. The molecule has 112 valence electrons. The Morgan fingerprint density at radius 3 is 2.62 bits per heavy atom. The van der Waals surface area contributed by atoms with Crippen molar-refractivity contribution in [1.82, 2.24) is 5.32 Å². The third-order valence-corrected chi connectivity index (χ3v) is 4.58. The van der Waals surface area contributed by atoms with Crippen molar-refractivity contribution < 1.29 is 9.84 Å². The Morgan fingerprint density at radius 1 is 1.14 bits per heavy atom. The summed E-state index contributed by atoms with van der Waals surface area (Å²) in [5.41, 5.74) is 1.64. The molecule has 0 amide bonds. The number of phenols is 1. The van der Waals surface area contributed by atoms with E-state index in [1.165, 1.54) is 30.2 Å². The molecule has 3 nitrogen and oxygen atoms in total. The predicted octanol–water partition coefficient (Wildman–Crippen LogP) is 3.45. The first-order valence-electron chi connectivity index (χ1n) is 7.62. The van der Waals surface area contributed by atoms with E-state index in [-0.39, 0.29) is 0 Å². The van der Waals surface area contributed by atoms with Crippen molar-refractivity contribution in [2.24, 2.45) is 5.41 Å². The van der Waals surface area contributed by atoms with Gasteiger partial charge in [-0.2, -0.15) is 0 Å². The first-order valence-corrected chi connectivity index (χ1v) is 7.62. The van der Waals surface area contributed by atoms with E-state index in [2.05, 4.69) is 23.5 Å². The van der Waals surface area contributed by atoms with Crippen LogP contribution in [0.4, 0.5) is 0 Å². The Balaban J connectivity index is 1.61. The fraction of sp³-hybridized carbons (Fsp3) is 0.444. The van der Waals surface area contributed by atoms with Crippen LogP contribution in [0.15, 0.2) is 36.4 Å². The quantitative estimate of drug-likeness (QED) is 0.854. The first-order chi connectivity index (χ1) is 10.2. The normalized spacial score (nSPS) is 16.8. The van der Waals surface area contributed by atoms with E-state index < -0.39 is 0 Å². The molecule has 2 N–H and O–H groups in total. The summed E-state index contributed by atoms with van der Waals surface area (Å²) < 4.78 is 5.36. The molecule has 1 saturated carbocycles. The summed E-state index contributed by atoms with van der Waals surface area (Å²) in [7, 11) is 1.79. The van der Waals surface area contributed by atoms with Gasteiger partial charge in [0.2, 0.25) is 0 Å². The van der Waals surface area contributed by atoms with Crippen molar-refractivity contribution in [3.8, 4) is 5.75 Å². The van der Waals surface area contributed by atoms with Crippen LogP contribution in [0.5, 0.6) is 5.75 Å². The third-order valence-electron chi connectivity index (χ3n) is 4.58. The average molecular weight is 285 g/mol. The van der Waals surface area contributed by atoms with E-state index >= 15 is 0 Å². The molecular weight excluding hydrogens is 262 g/mol. The van der Waals surface area contributed by atoms with Gasteiger partial charge in [0.1, 0.15) is 5.75 Å². The summed E-state index contributed by atoms with van der Waals surface area (Å²) in [5.74, 6) is 0.319. The summed E-state index contributed by atoms with van der Waals surface area (Å²) in [5, 5.41) is 15.3. The van der Waals surface area contributed by atoms with Gasteiger partial charge in [-0.1, -0.05) is 24.6 Å². The van der Waals surface area contributed by atoms with Crippen LogP contribution in [-0.2, 0) is 11.3 Å². The predicted molar refractivity (Wildman–Crippen MR) is 85.5 cm³/mol. The number of hydrogen-bond donors (Lipinski definition) is 2. The van der Waals surface area contributed by atoms with Crippen molar-refractivity contribution in [3.05, 3.63) is 42.0 Å². The topological polar surface area (TPSA) is 41.5 Å². The molecule has 0 radical (unpaired) electrons. The number of benzene rings is 2. The third kappa shape index (κ3) is 3.20. The maximum Gasteiger partial charge on any atom is 0.116 e. The summed E-state index contributed by atoms with van der Waals surface area (Å²) in [6.07, 6.45) is 3.86. The Morgan fingerprint density at radius 2 is 1.90 bits per heavy atom. The Hall–Kier alpha value is -1.58. The van der Waals surface area contributed by atoms with Crippen LogP contribution in [-0.4, -0.2) is 25.4 Å². The van der Waals surface area contributed by atoms with E-state index in [4.69, 9.17) is 4.74 Å². The first kappa shape index (κ1) is 14.4. The number of ether oxygens (including phenoxy) is 1. The van der Waals surface area contributed by atoms with E-state index in [0.717, 1.165) is 25.1 Å². The molecule has 1 fully saturated rings. The molecule has 0 heterocycles. The molecule has 0 aromatic heterocycles. The van der Waals surface area contributed by atoms with Crippen LogP contribution < -0.4 is 5.32 Å². The Bertz CT molecular complexity index is 620. The van der Waals surface area contributed by atoms with Crippen LogP contribution in [0, 0.1) is 5.41 Å². The van der Waals surface area contributed by atoms with Crippen LogP contribution in [0.25, 0.3) is 10.8 Å². The van der Waals surface area contributed by atoms with Crippen LogP contribution in [0.2, 0.25) is 0 Å². The van der Waals surface area contributed by atoms with E-state index in [9.17, 15) is 5.11 Å². The van der Waals surface area contributed by atoms with Gasteiger partial charge in [0.25, 0.3) is 0 Å². The zero-order chi connectivity index (χ0) is 14.7. The van der Waals surface area contributed by atoms with Gasteiger partial charge in [-0.05, 0) is 47.4 Å². The van der Waals surface area contributed by atoms with Gasteiger partial charge in [-0.15, -0.1) is 0 Å². The molecule has 3 heteroatoms. The summed E-state index contributed by atoms with van der Waals surface area (Å²) in [6.45, 7) is 2.76. The van der Waals surface area contributed by atoms with Gasteiger partial charge in [0.05, 0.1) is 6.61 Å². The van der Waals surface area contributed by atoms with Crippen LogP contribution in [0.3, 0.4) is 0 Å². The van der Waals surface area contributed by atoms with Crippen molar-refractivity contribution in [2.75, 3.05) is 20.3 Å². The van der Waals surface area contributed by atoms with E-state index in [1.807, 2.05) is 6.07 Å². The molecule has 2 aromatic carbocycles. The van der Waals surface area contributed by atoms with Gasteiger partial charge >= 0.3 is 0 Å². The fourth-order valence-corrected chi connectivity index (χ4v) is 3.22. The summed E-state index contributed by atoms with van der Waals surface area (Å²) in [4.78, 5) is 0. The monoisotopic (exact) mass is 285 g/mol. The smallest absolute Gasteiger partial charge is 0.116 e. The lowest BCUT2D eigenvalue weighted by Gasteiger charge is -2.41. The van der Waals surface area contributed by atoms with E-state index in [0.29, 0.717) is 11.2 Å². The van der Waals surface area contributed by atoms with Gasteiger partial charge in [0.15, 0.2) is 0 Å². The highest BCUT2D eigenvalue weighted by atomic mass is 16.5. The van der Waals surface area contributed by atoms with Gasteiger partial charge < -0.3 is 15.2 Å². The number of hydrogen-bond acceptors (Lipinski definition) is 3. The molecule has 0 atom stereocenters. The highest BCUT2D eigenvalue weighted by Gasteiger charge is 2.36. The standard InChI is InChI=1S/C18H23NO2/c1-21-13-18(7-2-8-18)12-19-11-14-3-4-16-10-17(20)6-5-15(16)9-14/h3-6,9-10,19-20H,2,7-8,11-13H2,1H3. The highest BCUT2D eigenvalue weighted by Crippen LogP contribution is 2.40. The molecule has 0 aliphatic heterocycles. The Labute approximate surface area is 125 Å². The number of fused-ring (bicyclic) bond motifs is 1. The highest BCUT2D eigenvalue weighted by molar-refractivity contribution is 5.84. The summed E-state index contributed by atoms with van der Waals surface area (Å²) >= 11 is 0. The molecular formula is C18H23NO2. The molecule has 0 saturated heterocycles. The molecule has 0 bridgehead atoms. The number of phenolic OH excluding ortho intramolecular Hbond substituents is 1. The number of nitrogens with one attached hydrogen (secondary N) is 1. The molecule has 1 aliphatic carbocycles. The second-order valence-corrected chi connectivity index (χ2v) is 6.26. The van der Waals surface area contributed by atoms with Gasteiger partial charge in [0, 0.05) is 25.6 Å². The van der Waals surface area contributed by atoms with Crippen LogP contribution in [0.1, 0.15) is 24.8 Å². The minimum Gasteiger partial charge on any atom is -0.508 e. The van der Waals surface area contributed by atoms with E-state index in [1.54, 1.807) is 19.2 Å². The lowest BCUT2D eigenvalue weighted by atomic mass is 9.69. The van der Waals surface area contributed by atoms with Crippen molar-refractivity contribution in [1.29, 1.82) is 0 Å². The molecule has 0 unspecified atom stereocenters. The van der Waals surface area contributed by atoms with Crippen molar-refractivity contribution >= 4 is 10.8 Å².